The molecule has 4 nitrogen and oxygen atoms in total. The van der Waals surface area contributed by atoms with Crippen LogP contribution < -0.4 is 10.6 Å². The molecule has 4 heteroatoms. The van der Waals surface area contributed by atoms with Gasteiger partial charge in [-0.05, 0) is 51.7 Å². The minimum absolute atomic E-state index is 0.0372. The van der Waals surface area contributed by atoms with E-state index in [0.29, 0.717) is 12.5 Å². The molecule has 0 aromatic heterocycles. The van der Waals surface area contributed by atoms with Gasteiger partial charge in [-0.1, -0.05) is 12.8 Å². The molecule has 1 rings (SSSR count). The molecule has 1 fully saturated rings. The largest absolute Gasteiger partial charge is 0.344 e. The molecule has 2 unspecified atom stereocenters. The van der Waals surface area contributed by atoms with Crippen LogP contribution in [0.3, 0.4) is 0 Å². The number of hydrogen-bond acceptors (Lipinski definition) is 3. The van der Waals surface area contributed by atoms with Crippen molar-refractivity contribution in [1.82, 2.24) is 15.5 Å². The number of carbonyl (C=O) groups excluding carboxylic acids is 1. The maximum atomic E-state index is 12.0. The lowest BCUT2D eigenvalue weighted by molar-refractivity contribution is -0.125. The molecule has 0 radical (unpaired) electrons. The zero-order valence-electron chi connectivity index (χ0n) is 12.2. The van der Waals surface area contributed by atoms with Crippen LogP contribution in [0.1, 0.15) is 33.1 Å². The maximum absolute atomic E-state index is 12.0. The topological polar surface area (TPSA) is 44.4 Å². The average Bonchev–Trinajstić information content (AvgIpc) is 2.44. The Bertz CT molecular complexity index is 305. The van der Waals surface area contributed by atoms with Crippen LogP contribution in [0.4, 0.5) is 0 Å². The van der Waals surface area contributed by atoms with E-state index in [1.807, 2.05) is 6.92 Å². The van der Waals surface area contributed by atoms with Crippen molar-refractivity contribution in [3.63, 3.8) is 0 Å². The Hall–Kier alpha value is -1.05. The molecule has 0 aromatic rings. The quantitative estimate of drug-likeness (QED) is 0.670. The molecule has 108 valence electrons. The molecule has 1 amide bonds. The number of terminal acetylenes is 1. The van der Waals surface area contributed by atoms with Crippen LogP contribution in [0.5, 0.6) is 0 Å². The summed E-state index contributed by atoms with van der Waals surface area (Å²) < 4.78 is 0. The van der Waals surface area contributed by atoms with E-state index in [1.54, 1.807) is 0 Å². The van der Waals surface area contributed by atoms with Gasteiger partial charge in [0.15, 0.2) is 0 Å². The first-order chi connectivity index (χ1) is 9.19. The summed E-state index contributed by atoms with van der Waals surface area (Å²) in [4.78, 5) is 14.3. The Morgan fingerprint density at radius 1 is 1.63 bits per heavy atom. The molecular formula is C15H27N3O. The average molecular weight is 265 g/mol. The molecule has 0 aromatic carbocycles. The summed E-state index contributed by atoms with van der Waals surface area (Å²) in [6, 6.07) is -0.102. The van der Waals surface area contributed by atoms with Gasteiger partial charge < -0.3 is 10.6 Å². The SMILES string of the molecule is C#CCNC(=O)C(C)N(CCC)CC1CCCNC1. The molecule has 0 saturated carbocycles. The molecular weight excluding hydrogens is 238 g/mol. The summed E-state index contributed by atoms with van der Waals surface area (Å²) in [7, 11) is 0. The van der Waals surface area contributed by atoms with Crippen LogP contribution in [-0.4, -0.2) is 49.6 Å². The lowest BCUT2D eigenvalue weighted by Crippen LogP contribution is -2.49. The number of hydrogen-bond donors (Lipinski definition) is 2. The van der Waals surface area contributed by atoms with E-state index < -0.39 is 0 Å². The number of nitrogens with one attached hydrogen (secondary N) is 2. The van der Waals surface area contributed by atoms with Crippen molar-refractivity contribution in [3.8, 4) is 12.3 Å². The monoisotopic (exact) mass is 265 g/mol. The lowest BCUT2D eigenvalue weighted by atomic mass is 9.98. The summed E-state index contributed by atoms with van der Waals surface area (Å²) in [6.45, 7) is 8.58. The fourth-order valence-electron chi connectivity index (χ4n) is 2.59. The van der Waals surface area contributed by atoms with Crippen molar-refractivity contribution in [2.45, 2.75) is 39.2 Å². The molecule has 2 atom stereocenters. The highest BCUT2D eigenvalue weighted by Gasteiger charge is 2.24. The number of piperidine rings is 1. The Labute approximate surface area is 117 Å². The molecule has 1 aliphatic heterocycles. The second-order valence-electron chi connectivity index (χ2n) is 5.31. The molecule has 19 heavy (non-hydrogen) atoms. The van der Waals surface area contributed by atoms with Gasteiger partial charge in [-0.15, -0.1) is 6.42 Å². The predicted molar refractivity (Wildman–Crippen MR) is 78.8 cm³/mol. The standard InChI is InChI=1S/C15H27N3O/c1-4-8-17-15(19)13(3)18(10-5-2)12-14-7-6-9-16-11-14/h1,13-14,16H,5-12H2,2-3H3,(H,17,19). The molecule has 2 N–H and O–H groups in total. The summed E-state index contributed by atoms with van der Waals surface area (Å²) >= 11 is 0. The van der Waals surface area contributed by atoms with Crippen molar-refractivity contribution in [1.29, 1.82) is 0 Å². The second-order valence-corrected chi connectivity index (χ2v) is 5.31. The highest BCUT2D eigenvalue weighted by molar-refractivity contribution is 5.81. The van der Waals surface area contributed by atoms with Gasteiger partial charge in [0.25, 0.3) is 0 Å². The summed E-state index contributed by atoms with van der Waals surface area (Å²) in [5.74, 6) is 3.14. The molecule has 0 aliphatic carbocycles. The summed E-state index contributed by atoms with van der Waals surface area (Å²) in [5.41, 5.74) is 0. The van der Waals surface area contributed by atoms with Crippen LogP contribution in [0.2, 0.25) is 0 Å². The molecule has 1 aliphatic rings. The highest BCUT2D eigenvalue weighted by atomic mass is 16.2. The van der Waals surface area contributed by atoms with Crippen LogP contribution in [0.15, 0.2) is 0 Å². The fraction of sp³-hybridized carbons (Fsp3) is 0.800. The lowest BCUT2D eigenvalue weighted by Gasteiger charge is -2.33. The molecule has 0 bridgehead atoms. The third-order valence-corrected chi connectivity index (χ3v) is 3.69. The number of rotatable bonds is 7. The Morgan fingerprint density at radius 3 is 3.00 bits per heavy atom. The smallest absolute Gasteiger partial charge is 0.237 e. The van der Waals surface area contributed by atoms with Gasteiger partial charge in [0.2, 0.25) is 5.91 Å². The predicted octanol–water partition coefficient (Wildman–Crippen LogP) is 0.836. The van der Waals surface area contributed by atoms with Crippen molar-refractivity contribution in [2.24, 2.45) is 5.92 Å². The van der Waals surface area contributed by atoms with Crippen molar-refractivity contribution in [2.75, 3.05) is 32.7 Å². The van der Waals surface area contributed by atoms with Gasteiger partial charge in [-0.2, -0.15) is 0 Å². The van der Waals surface area contributed by atoms with Crippen LogP contribution in [-0.2, 0) is 4.79 Å². The highest BCUT2D eigenvalue weighted by Crippen LogP contribution is 2.14. The third kappa shape index (κ3) is 5.63. The number of nitrogens with zero attached hydrogens (tertiary/aromatic N) is 1. The first-order valence-electron chi connectivity index (χ1n) is 7.35. The van der Waals surface area contributed by atoms with Gasteiger partial charge >= 0.3 is 0 Å². The third-order valence-electron chi connectivity index (χ3n) is 3.69. The van der Waals surface area contributed by atoms with E-state index in [4.69, 9.17) is 6.42 Å². The first-order valence-corrected chi connectivity index (χ1v) is 7.35. The van der Waals surface area contributed by atoms with E-state index in [9.17, 15) is 4.79 Å². The van der Waals surface area contributed by atoms with E-state index in [-0.39, 0.29) is 11.9 Å². The normalized spacial score (nSPS) is 20.8. The van der Waals surface area contributed by atoms with Crippen molar-refractivity contribution < 1.29 is 4.79 Å². The summed E-state index contributed by atoms with van der Waals surface area (Å²) in [5, 5.41) is 6.21. The molecule has 0 spiro atoms. The Kier molecular flexibility index (Phi) is 7.54. The zero-order valence-corrected chi connectivity index (χ0v) is 12.2. The van der Waals surface area contributed by atoms with Gasteiger partial charge in [0.05, 0.1) is 12.6 Å². The van der Waals surface area contributed by atoms with Crippen molar-refractivity contribution in [3.05, 3.63) is 0 Å². The van der Waals surface area contributed by atoms with Gasteiger partial charge in [0.1, 0.15) is 0 Å². The van der Waals surface area contributed by atoms with E-state index in [1.165, 1.54) is 12.8 Å². The van der Waals surface area contributed by atoms with Gasteiger partial charge in [-0.25, -0.2) is 0 Å². The molecule has 1 saturated heterocycles. The minimum atomic E-state index is -0.102. The fourth-order valence-corrected chi connectivity index (χ4v) is 2.59. The molecule has 1 heterocycles. The zero-order chi connectivity index (χ0) is 14.1. The van der Waals surface area contributed by atoms with Crippen LogP contribution in [0, 0.1) is 18.3 Å². The van der Waals surface area contributed by atoms with Crippen molar-refractivity contribution >= 4 is 5.91 Å². The van der Waals surface area contributed by atoms with Gasteiger partial charge in [-0.3, -0.25) is 9.69 Å². The minimum Gasteiger partial charge on any atom is -0.344 e. The van der Waals surface area contributed by atoms with E-state index >= 15 is 0 Å². The number of amides is 1. The van der Waals surface area contributed by atoms with Gasteiger partial charge in [0, 0.05) is 6.54 Å². The Balaban J connectivity index is 2.49. The van der Waals surface area contributed by atoms with Crippen LogP contribution >= 0.6 is 0 Å². The second kappa shape index (κ2) is 8.95. The Morgan fingerprint density at radius 2 is 2.42 bits per heavy atom. The van der Waals surface area contributed by atoms with E-state index in [2.05, 4.69) is 28.4 Å². The van der Waals surface area contributed by atoms with E-state index in [0.717, 1.165) is 32.6 Å². The number of carbonyl (C=O) groups is 1. The summed E-state index contributed by atoms with van der Waals surface area (Å²) in [6.07, 6.45) is 8.73. The first kappa shape index (κ1) is 16.0. The van der Waals surface area contributed by atoms with Crippen LogP contribution in [0.25, 0.3) is 0 Å². The maximum Gasteiger partial charge on any atom is 0.237 e.